The van der Waals surface area contributed by atoms with E-state index in [0.717, 1.165) is 33.9 Å². The van der Waals surface area contributed by atoms with Crippen molar-refractivity contribution < 1.29 is 14.3 Å². The molecule has 1 heterocycles. The lowest BCUT2D eigenvalue weighted by Gasteiger charge is -2.21. The van der Waals surface area contributed by atoms with Gasteiger partial charge in [-0.15, -0.1) is 12.4 Å². The van der Waals surface area contributed by atoms with Crippen LogP contribution in [0.4, 0.5) is 5.13 Å². The van der Waals surface area contributed by atoms with Crippen molar-refractivity contribution in [3.63, 3.8) is 0 Å². The largest absolute Gasteiger partial charge is 0.497 e. The smallest absolute Gasteiger partial charge is 0.266 e. The molecule has 0 saturated carbocycles. The Hall–Kier alpha value is -2.35. The van der Waals surface area contributed by atoms with Crippen LogP contribution in [0.2, 0.25) is 0 Å². The molecule has 0 spiro atoms. The van der Waals surface area contributed by atoms with Crippen molar-refractivity contribution in [1.29, 1.82) is 0 Å². The molecule has 31 heavy (non-hydrogen) atoms. The van der Waals surface area contributed by atoms with E-state index in [9.17, 15) is 4.79 Å². The third-order valence-electron chi connectivity index (χ3n) is 5.00. The standard InChI is InChI=1S/C23H29N3O3S.ClH/c1-16-10-11-20-22(17(16)2)24-23(30-20)26(13-7-12-25(3)4)21(27)15-29-19-9-6-8-18(14-19)28-5;/h6,8-11,14H,7,12-13,15H2,1-5H3;1H. The van der Waals surface area contributed by atoms with Crippen molar-refractivity contribution in [2.75, 3.05) is 45.8 Å². The van der Waals surface area contributed by atoms with Crippen molar-refractivity contribution in [1.82, 2.24) is 9.88 Å². The second kappa shape index (κ2) is 11.3. The second-order valence-electron chi connectivity index (χ2n) is 7.52. The van der Waals surface area contributed by atoms with Gasteiger partial charge in [0, 0.05) is 12.6 Å². The fourth-order valence-electron chi connectivity index (χ4n) is 3.12. The molecule has 0 unspecified atom stereocenters. The molecule has 0 N–H and O–H groups in total. The quantitative estimate of drug-likeness (QED) is 0.460. The van der Waals surface area contributed by atoms with Crippen LogP contribution in [0.25, 0.3) is 10.2 Å². The van der Waals surface area contributed by atoms with Crippen LogP contribution in [0.3, 0.4) is 0 Å². The van der Waals surface area contributed by atoms with Crippen molar-refractivity contribution in [2.45, 2.75) is 20.3 Å². The summed E-state index contributed by atoms with van der Waals surface area (Å²) in [6, 6.07) is 11.4. The lowest BCUT2D eigenvalue weighted by atomic mass is 10.1. The summed E-state index contributed by atoms with van der Waals surface area (Å²) < 4.78 is 12.1. The fraction of sp³-hybridized carbons (Fsp3) is 0.391. The molecule has 6 nitrogen and oxygen atoms in total. The van der Waals surface area contributed by atoms with Crippen LogP contribution in [0.1, 0.15) is 17.5 Å². The average molecular weight is 464 g/mol. The van der Waals surface area contributed by atoms with Crippen LogP contribution >= 0.6 is 23.7 Å². The first-order valence-electron chi connectivity index (χ1n) is 9.97. The molecular formula is C23H30ClN3O3S. The number of hydrogen-bond acceptors (Lipinski definition) is 6. The van der Waals surface area contributed by atoms with E-state index < -0.39 is 0 Å². The highest BCUT2D eigenvalue weighted by atomic mass is 35.5. The Morgan fingerprint density at radius 3 is 2.55 bits per heavy atom. The summed E-state index contributed by atoms with van der Waals surface area (Å²) in [4.78, 5) is 21.8. The molecule has 0 saturated heterocycles. The van der Waals surface area contributed by atoms with Gasteiger partial charge in [-0.3, -0.25) is 9.69 Å². The zero-order valence-corrected chi connectivity index (χ0v) is 20.3. The Bertz CT molecular complexity index is 1020. The maximum Gasteiger partial charge on any atom is 0.266 e. The number of aryl methyl sites for hydroxylation is 2. The number of methoxy groups -OCH3 is 1. The number of anilines is 1. The molecule has 1 aromatic heterocycles. The van der Waals surface area contributed by atoms with Crippen LogP contribution in [-0.2, 0) is 4.79 Å². The van der Waals surface area contributed by atoms with Crippen molar-refractivity contribution >= 4 is 45.0 Å². The van der Waals surface area contributed by atoms with E-state index in [-0.39, 0.29) is 24.9 Å². The number of nitrogens with zero attached hydrogens (tertiary/aromatic N) is 3. The molecule has 168 valence electrons. The SMILES string of the molecule is COc1cccc(OCC(=O)N(CCCN(C)C)c2nc3c(C)c(C)ccc3s2)c1.Cl. The van der Waals surface area contributed by atoms with Crippen LogP contribution in [0, 0.1) is 13.8 Å². The number of amides is 1. The summed E-state index contributed by atoms with van der Waals surface area (Å²) in [5.41, 5.74) is 3.32. The summed E-state index contributed by atoms with van der Waals surface area (Å²) in [6.07, 6.45) is 0.853. The van der Waals surface area contributed by atoms with Gasteiger partial charge in [0.05, 0.1) is 17.3 Å². The van der Waals surface area contributed by atoms with Gasteiger partial charge in [0.1, 0.15) is 11.5 Å². The number of hydrogen-bond donors (Lipinski definition) is 0. The van der Waals surface area contributed by atoms with Crippen molar-refractivity contribution in [3.8, 4) is 11.5 Å². The van der Waals surface area contributed by atoms with E-state index in [1.807, 2.05) is 32.3 Å². The Balaban J connectivity index is 0.00000341. The first kappa shape index (κ1) is 24.9. The van der Waals surface area contributed by atoms with Gasteiger partial charge in [0.15, 0.2) is 11.7 Å². The summed E-state index contributed by atoms with van der Waals surface area (Å²) in [6.45, 7) is 5.59. The number of aromatic nitrogens is 1. The lowest BCUT2D eigenvalue weighted by molar-refractivity contribution is -0.120. The molecule has 0 aliphatic rings. The van der Waals surface area contributed by atoms with Gasteiger partial charge in [0.25, 0.3) is 5.91 Å². The molecular weight excluding hydrogens is 434 g/mol. The van der Waals surface area contributed by atoms with E-state index in [0.29, 0.717) is 18.0 Å². The molecule has 0 radical (unpaired) electrons. The Morgan fingerprint density at radius 1 is 1.10 bits per heavy atom. The van der Waals surface area contributed by atoms with E-state index in [2.05, 4.69) is 30.9 Å². The van der Waals surface area contributed by atoms with Gasteiger partial charge < -0.3 is 14.4 Å². The van der Waals surface area contributed by atoms with Crippen molar-refractivity contribution in [3.05, 3.63) is 47.5 Å². The number of halogens is 1. The van der Waals surface area contributed by atoms with Gasteiger partial charge in [-0.25, -0.2) is 4.98 Å². The predicted octanol–water partition coefficient (Wildman–Crippen LogP) is 4.71. The number of thiazole rings is 1. The Morgan fingerprint density at radius 2 is 1.84 bits per heavy atom. The van der Waals surface area contributed by atoms with E-state index >= 15 is 0 Å². The third-order valence-corrected chi connectivity index (χ3v) is 6.04. The maximum absolute atomic E-state index is 13.1. The summed E-state index contributed by atoms with van der Waals surface area (Å²) in [5, 5.41) is 0.719. The zero-order chi connectivity index (χ0) is 21.7. The van der Waals surface area contributed by atoms with Crippen LogP contribution in [0.5, 0.6) is 11.5 Å². The molecule has 0 fully saturated rings. The normalized spacial score (nSPS) is 10.8. The molecule has 0 atom stereocenters. The molecule has 0 aliphatic heterocycles. The number of benzene rings is 2. The van der Waals surface area contributed by atoms with Gasteiger partial charge in [-0.05, 0) is 70.2 Å². The van der Waals surface area contributed by atoms with E-state index in [4.69, 9.17) is 14.5 Å². The molecule has 3 rings (SSSR count). The number of rotatable bonds is 9. The number of fused-ring (bicyclic) bond motifs is 1. The van der Waals surface area contributed by atoms with E-state index in [1.165, 1.54) is 5.56 Å². The minimum atomic E-state index is -0.106. The van der Waals surface area contributed by atoms with Crippen LogP contribution in [-0.4, -0.2) is 56.7 Å². The fourth-order valence-corrected chi connectivity index (χ4v) is 4.18. The first-order chi connectivity index (χ1) is 14.4. The molecule has 3 aromatic rings. The summed E-state index contributed by atoms with van der Waals surface area (Å²) >= 11 is 1.55. The highest BCUT2D eigenvalue weighted by Gasteiger charge is 2.21. The summed E-state index contributed by atoms with van der Waals surface area (Å²) in [5.74, 6) is 1.19. The molecule has 0 bridgehead atoms. The van der Waals surface area contributed by atoms with E-state index in [1.54, 1.807) is 29.4 Å². The van der Waals surface area contributed by atoms with Crippen LogP contribution < -0.4 is 14.4 Å². The topological polar surface area (TPSA) is 54.9 Å². The predicted molar refractivity (Wildman–Crippen MR) is 130 cm³/mol. The maximum atomic E-state index is 13.1. The minimum Gasteiger partial charge on any atom is -0.497 e. The van der Waals surface area contributed by atoms with Gasteiger partial charge in [-0.2, -0.15) is 0 Å². The third kappa shape index (κ3) is 6.32. The van der Waals surface area contributed by atoms with Gasteiger partial charge in [0.2, 0.25) is 0 Å². The van der Waals surface area contributed by atoms with Gasteiger partial charge in [-0.1, -0.05) is 23.5 Å². The van der Waals surface area contributed by atoms with Crippen LogP contribution in [0.15, 0.2) is 36.4 Å². The number of carbonyl (C=O) groups excluding carboxylic acids is 1. The molecule has 1 amide bonds. The van der Waals surface area contributed by atoms with Gasteiger partial charge >= 0.3 is 0 Å². The first-order valence-corrected chi connectivity index (χ1v) is 10.8. The van der Waals surface area contributed by atoms with Crippen molar-refractivity contribution in [2.24, 2.45) is 0 Å². The second-order valence-corrected chi connectivity index (χ2v) is 8.53. The monoisotopic (exact) mass is 463 g/mol. The molecule has 8 heteroatoms. The highest BCUT2D eigenvalue weighted by Crippen LogP contribution is 2.32. The average Bonchev–Trinajstić information content (AvgIpc) is 3.17. The number of ether oxygens (including phenoxy) is 2. The summed E-state index contributed by atoms with van der Waals surface area (Å²) in [7, 11) is 5.66. The minimum absolute atomic E-state index is 0. The Kier molecular flexibility index (Phi) is 9.10. The zero-order valence-electron chi connectivity index (χ0n) is 18.7. The highest BCUT2D eigenvalue weighted by molar-refractivity contribution is 7.22. The molecule has 2 aromatic carbocycles. The number of carbonyl (C=O) groups is 1. The Labute approximate surface area is 194 Å². The lowest BCUT2D eigenvalue weighted by Crippen LogP contribution is -2.36. The molecule has 0 aliphatic carbocycles.